The van der Waals surface area contributed by atoms with E-state index in [2.05, 4.69) is 40.3 Å². The number of fused-ring (bicyclic) bond motifs is 1. The Morgan fingerprint density at radius 1 is 1.12 bits per heavy atom. The van der Waals surface area contributed by atoms with Gasteiger partial charge in [0, 0.05) is 22.6 Å². The molecule has 0 aliphatic heterocycles. The Bertz CT molecular complexity index is 1440. The van der Waals surface area contributed by atoms with Crippen molar-refractivity contribution in [3.05, 3.63) is 70.6 Å². The van der Waals surface area contributed by atoms with Gasteiger partial charge in [0.1, 0.15) is 29.4 Å². The Hall–Kier alpha value is -3.85. The van der Waals surface area contributed by atoms with Crippen molar-refractivity contribution in [3.63, 3.8) is 0 Å². The Morgan fingerprint density at radius 3 is 2.72 bits per heavy atom. The molecule has 0 saturated carbocycles. The minimum Gasteiger partial charge on any atom is -0.508 e. The number of benzene rings is 2. The van der Waals surface area contributed by atoms with E-state index < -0.39 is 5.82 Å². The van der Waals surface area contributed by atoms with E-state index in [0.717, 1.165) is 34.0 Å². The molecule has 0 saturated heterocycles. The first kappa shape index (κ1) is 20.1. The van der Waals surface area contributed by atoms with Crippen LogP contribution >= 0.6 is 11.5 Å². The third kappa shape index (κ3) is 3.46. The van der Waals surface area contributed by atoms with Gasteiger partial charge in [-0.15, -0.1) is 0 Å². The number of aromatic hydroxyl groups is 1. The fraction of sp³-hybridized carbons (Fsp3) is 0.130. The lowest BCUT2D eigenvalue weighted by atomic mass is 9.96. The van der Waals surface area contributed by atoms with Crippen molar-refractivity contribution in [2.45, 2.75) is 20.4 Å². The van der Waals surface area contributed by atoms with Crippen molar-refractivity contribution in [1.82, 2.24) is 24.1 Å². The zero-order chi connectivity index (χ0) is 22.4. The van der Waals surface area contributed by atoms with Crippen LogP contribution in [0.5, 0.6) is 5.75 Å². The average molecular weight is 447 g/mol. The zero-order valence-electron chi connectivity index (χ0n) is 17.4. The molecule has 5 aromatic rings. The average Bonchev–Trinajstić information content (AvgIpc) is 3.38. The van der Waals surface area contributed by atoms with E-state index in [9.17, 15) is 9.50 Å². The van der Waals surface area contributed by atoms with Gasteiger partial charge in [0.05, 0.1) is 17.6 Å². The van der Waals surface area contributed by atoms with Crippen LogP contribution in [0.3, 0.4) is 0 Å². The summed E-state index contributed by atoms with van der Waals surface area (Å²) in [5.41, 5.74) is 12.7. The van der Waals surface area contributed by atoms with Crippen molar-refractivity contribution < 1.29 is 9.50 Å². The maximum Gasteiger partial charge on any atom is 0.164 e. The van der Waals surface area contributed by atoms with E-state index in [0.29, 0.717) is 28.8 Å². The molecule has 0 bridgehead atoms. The van der Waals surface area contributed by atoms with Crippen LogP contribution in [0.2, 0.25) is 0 Å². The number of rotatable bonds is 4. The predicted molar refractivity (Wildman–Crippen MR) is 123 cm³/mol. The number of aryl methyl sites for hydroxylation is 2. The van der Waals surface area contributed by atoms with Gasteiger partial charge in [0.25, 0.3) is 0 Å². The lowest BCUT2D eigenvalue weighted by Crippen LogP contribution is -2.07. The molecule has 0 radical (unpaired) electrons. The first-order valence-corrected chi connectivity index (χ1v) is 10.7. The molecule has 7 nitrogen and oxygen atoms in total. The van der Waals surface area contributed by atoms with Crippen molar-refractivity contribution in [1.29, 1.82) is 0 Å². The highest BCUT2D eigenvalue weighted by atomic mass is 32.1. The second-order valence-corrected chi connectivity index (χ2v) is 8.32. The van der Waals surface area contributed by atoms with Crippen LogP contribution < -0.4 is 5.73 Å². The zero-order valence-corrected chi connectivity index (χ0v) is 18.2. The molecule has 9 heteroatoms. The smallest absolute Gasteiger partial charge is 0.164 e. The van der Waals surface area contributed by atoms with Gasteiger partial charge in [-0.1, -0.05) is 11.6 Å². The number of nitrogens with zero attached hydrogens (tertiary/aromatic N) is 5. The molecule has 160 valence electrons. The number of phenolic OH excluding ortho intramolecular Hbond substituents is 1. The van der Waals surface area contributed by atoms with Gasteiger partial charge in [0.15, 0.2) is 5.65 Å². The fourth-order valence-corrected chi connectivity index (χ4v) is 4.51. The Morgan fingerprint density at radius 2 is 1.97 bits per heavy atom. The summed E-state index contributed by atoms with van der Waals surface area (Å²) in [7, 11) is 0. The summed E-state index contributed by atoms with van der Waals surface area (Å²) < 4.78 is 20.3. The summed E-state index contributed by atoms with van der Waals surface area (Å²) in [4.78, 5) is 8.50. The lowest BCUT2D eigenvalue weighted by Gasteiger charge is -2.13. The Labute approximate surface area is 187 Å². The monoisotopic (exact) mass is 446 g/mol. The molecule has 3 heterocycles. The van der Waals surface area contributed by atoms with Crippen LogP contribution in [0.15, 0.2) is 48.1 Å². The minimum absolute atomic E-state index is 0.196. The first-order valence-electron chi connectivity index (χ1n) is 9.88. The number of nitrogens with two attached hydrogens (primary N) is 1. The maximum absolute atomic E-state index is 14.0. The number of phenols is 1. The van der Waals surface area contributed by atoms with Gasteiger partial charge in [0.2, 0.25) is 0 Å². The molecule has 0 atom stereocenters. The SMILES string of the molecule is Cc1cc(C)c(Cn2nc(-c3cc(O)cc(F)c3)c3c(N)ncnc32)c(-c2ccsn2)c1. The second kappa shape index (κ2) is 7.69. The molecule has 3 aromatic heterocycles. The number of hydrogen-bond acceptors (Lipinski definition) is 7. The van der Waals surface area contributed by atoms with E-state index in [4.69, 9.17) is 10.8 Å². The van der Waals surface area contributed by atoms with Gasteiger partial charge in [-0.05, 0) is 60.8 Å². The van der Waals surface area contributed by atoms with Crippen molar-refractivity contribution in [3.8, 4) is 28.3 Å². The number of halogens is 1. The van der Waals surface area contributed by atoms with Gasteiger partial charge < -0.3 is 10.8 Å². The van der Waals surface area contributed by atoms with Crippen molar-refractivity contribution in [2.75, 3.05) is 5.73 Å². The topological polar surface area (TPSA) is 103 Å². The molecule has 0 amide bonds. The first-order chi connectivity index (χ1) is 15.4. The maximum atomic E-state index is 14.0. The molecule has 3 N–H and O–H groups in total. The van der Waals surface area contributed by atoms with Crippen LogP contribution in [0, 0.1) is 19.7 Å². The number of anilines is 1. The van der Waals surface area contributed by atoms with Crippen LogP contribution in [-0.2, 0) is 6.54 Å². The van der Waals surface area contributed by atoms with E-state index >= 15 is 0 Å². The van der Waals surface area contributed by atoms with E-state index in [-0.39, 0.29) is 11.6 Å². The fourth-order valence-electron chi connectivity index (χ4n) is 3.99. The van der Waals surface area contributed by atoms with Gasteiger partial charge in [-0.2, -0.15) is 9.47 Å². The molecular formula is C23H19FN6OS. The van der Waals surface area contributed by atoms with Gasteiger partial charge >= 0.3 is 0 Å². The molecule has 0 fully saturated rings. The highest BCUT2D eigenvalue weighted by Gasteiger charge is 2.20. The van der Waals surface area contributed by atoms with Crippen LogP contribution in [0.1, 0.15) is 16.7 Å². The summed E-state index contributed by atoms with van der Waals surface area (Å²) in [6, 6.07) is 10.0. The summed E-state index contributed by atoms with van der Waals surface area (Å²) in [6.45, 7) is 4.52. The molecular weight excluding hydrogens is 427 g/mol. The third-order valence-corrected chi connectivity index (χ3v) is 5.91. The summed E-state index contributed by atoms with van der Waals surface area (Å²) in [5.74, 6) is -0.531. The predicted octanol–water partition coefficient (Wildman–Crippen LogP) is 4.71. The molecule has 5 rings (SSSR count). The Kier molecular flexibility index (Phi) is 4.82. The van der Waals surface area contributed by atoms with Crippen LogP contribution in [0.25, 0.3) is 33.5 Å². The van der Waals surface area contributed by atoms with Gasteiger partial charge in [-0.3, -0.25) is 0 Å². The second-order valence-electron chi connectivity index (χ2n) is 7.65. The third-order valence-electron chi connectivity index (χ3n) is 5.35. The van der Waals surface area contributed by atoms with E-state index in [1.54, 1.807) is 4.68 Å². The summed E-state index contributed by atoms with van der Waals surface area (Å²) >= 11 is 1.40. The minimum atomic E-state index is -0.571. The van der Waals surface area contributed by atoms with Crippen LogP contribution in [0.4, 0.5) is 10.2 Å². The molecule has 0 aliphatic rings. The summed E-state index contributed by atoms with van der Waals surface area (Å²) in [5, 5.41) is 17.1. The largest absolute Gasteiger partial charge is 0.508 e. The van der Waals surface area contributed by atoms with E-state index in [1.165, 1.54) is 30.0 Å². The number of nitrogen functional groups attached to an aromatic ring is 1. The number of hydrogen-bond donors (Lipinski definition) is 2. The molecule has 2 aromatic carbocycles. The molecule has 0 spiro atoms. The molecule has 32 heavy (non-hydrogen) atoms. The highest BCUT2D eigenvalue weighted by Crippen LogP contribution is 2.34. The van der Waals surface area contributed by atoms with Crippen molar-refractivity contribution in [2.24, 2.45) is 0 Å². The van der Waals surface area contributed by atoms with Gasteiger partial charge in [-0.25, -0.2) is 19.0 Å². The molecule has 0 aliphatic carbocycles. The van der Waals surface area contributed by atoms with Crippen LogP contribution in [-0.4, -0.2) is 29.2 Å². The lowest BCUT2D eigenvalue weighted by molar-refractivity contribution is 0.469. The number of aromatic nitrogens is 5. The normalized spacial score (nSPS) is 11.3. The standard InChI is InChI=1S/C23H19FN6OS/c1-12-5-13(2)18(17(6-12)19-3-4-32-29-19)10-30-23-20(22(25)26-11-27-23)21(28-30)14-7-15(24)9-16(31)8-14/h3-9,11,31H,10H2,1-2H3,(H2,25,26,27). The molecule has 0 unspecified atom stereocenters. The summed E-state index contributed by atoms with van der Waals surface area (Å²) in [6.07, 6.45) is 1.38. The van der Waals surface area contributed by atoms with Crippen molar-refractivity contribution >= 4 is 28.4 Å². The van der Waals surface area contributed by atoms with E-state index in [1.807, 2.05) is 11.4 Å². The quantitative estimate of drug-likeness (QED) is 0.415. The Balaban J connectivity index is 1.72. The highest BCUT2D eigenvalue weighted by molar-refractivity contribution is 7.03.